The number of aromatic nitrogens is 2. The highest BCUT2D eigenvalue weighted by atomic mass is 32.2. The van der Waals surface area contributed by atoms with Crippen molar-refractivity contribution < 1.29 is 8.42 Å². The molecular weight excluding hydrogens is 354 g/mol. The second-order valence-electron chi connectivity index (χ2n) is 6.24. The Morgan fingerprint density at radius 1 is 1.20 bits per heavy atom. The largest absolute Gasteiger partial charge is 0.309 e. The summed E-state index contributed by atoms with van der Waals surface area (Å²) in [7, 11) is -2.87. The van der Waals surface area contributed by atoms with Crippen molar-refractivity contribution in [2.45, 2.75) is 19.0 Å². The third-order valence-electron chi connectivity index (χ3n) is 4.38. The smallest absolute Gasteiger partial charge is 0.151 e. The fourth-order valence-electron chi connectivity index (χ4n) is 3.08. The van der Waals surface area contributed by atoms with Gasteiger partial charge in [0.1, 0.15) is 5.69 Å². The van der Waals surface area contributed by atoms with Crippen LogP contribution in [0.5, 0.6) is 0 Å². The lowest BCUT2D eigenvalue weighted by Crippen LogP contribution is -2.29. The lowest BCUT2D eigenvalue weighted by atomic mass is 10.2. The Balaban J connectivity index is 1.60. The number of nitrogens with one attached hydrogen (secondary N) is 1. The zero-order valence-electron chi connectivity index (χ0n) is 13.6. The van der Waals surface area contributed by atoms with Gasteiger partial charge in [-0.15, -0.1) is 11.3 Å². The lowest BCUT2D eigenvalue weighted by molar-refractivity contribution is 0.554. The van der Waals surface area contributed by atoms with Crippen molar-refractivity contribution in [1.82, 2.24) is 15.1 Å². The second kappa shape index (κ2) is 6.74. The van der Waals surface area contributed by atoms with Gasteiger partial charge in [0, 0.05) is 24.3 Å². The highest BCUT2D eigenvalue weighted by Crippen LogP contribution is 2.28. The third-order valence-corrected chi connectivity index (χ3v) is 7.02. The van der Waals surface area contributed by atoms with Crippen molar-refractivity contribution in [3.8, 4) is 16.3 Å². The van der Waals surface area contributed by atoms with E-state index >= 15 is 0 Å². The SMILES string of the molecule is O=S1(=O)CCC(NCc2cn(-c3ccccc3)nc2-c2cccs2)C1. The minimum absolute atomic E-state index is 0.0289. The highest BCUT2D eigenvalue weighted by molar-refractivity contribution is 7.91. The van der Waals surface area contributed by atoms with Crippen molar-refractivity contribution >= 4 is 21.2 Å². The molecule has 0 bridgehead atoms. The summed E-state index contributed by atoms with van der Waals surface area (Å²) in [6, 6.07) is 14.1. The zero-order valence-corrected chi connectivity index (χ0v) is 15.3. The van der Waals surface area contributed by atoms with Crippen molar-refractivity contribution in [3.63, 3.8) is 0 Å². The zero-order chi connectivity index (χ0) is 17.3. The molecule has 0 radical (unpaired) electrons. The van der Waals surface area contributed by atoms with Gasteiger partial charge in [0.05, 0.1) is 22.1 Å². The topological polar surface area (TPSA) is 64.0 Å². The Morgan fingerprint density at radius 3 is 2.72 bits per heavy atom. The lowest BCUT2D eigenvalue weighted by Gasteiger charge is -2.10. The maximum absolute atomic E-state index is 11.6. The molecule has 1 aliphatic rings. The van der Waals surface area contributed by atoms with Gasteiger partial charge in [0.25, 0.3) is 0 Å². The molecule has 1 atom stereocenters. The Morgan fingerprint density at radius 2 is 2.04 bits per heavy atom. The van der Waals surface area contributed by atoms with E-state index < -0.39 is 9.84 Å². The summed E-state index contributed by atoms with van der Waals surface area (Å²) in [5.74, 6) is 0.514. The Hall–Kier alpha value is -1.96. The molecule has 1 fully saturated rings. The van der Waals surface area contributed by atoms with Gasteiger partial charge in [0.15, 0.2) is 9.84 Å². The van der Waals surface area contributed by atoms with Crippen molar-refractivity contribution in [3.05, 3.63) is 59.6 Å². The predicted molar refractivity (Wildman–Crippen MR) is 101 cm³/mol. The second-order valence-corrected chi connectivity index (χ2v) is 9.42. The summed E-state index contributed by atoms with van der Waals surface area (Å²) in [6.45, 7) is 0.611. The van der Waals surface area contributed by atoms with E-state index in [2.05, 4.69) is 11.4 Å². The molecule has 7 heteroatoms. The van der Waals surface area contributed by atoms with E-state index in [1.807, 2.05) is 52.7 Å². The van der Waals surface area contributed by atoms with Gasteiger partial charge in [-0.2, -0.15) is 5.10 Å². The highest BCUT2D eigenvalue weighted by Gasteiger charge is 2.27. The van der Waals surface area contributed by atoms with E-state index in [1.54, 1.807) is 11.3 Å². The van der Waals surface area contributed by atoms with E-state index in [0.717, 1.165) is 21.8 Å². The van der Waals surface area contributed by atoms with Crippen LogP contribution in [0.25, 0.3) is 16.3 Å². The first-order valence-corrected chi connectivity index (χ1v) is 10.9. The van der Waals surface area contributed by atoms with E-state index in [9.17, 15) is 8.42 Å². The molecule has 5 nitrogen and oxygen atoms in total. The molecule has 0 saturated carbocycles. The van der Waals surface area contributed by atoms with Crippen molar-refractivity contribution in [2.24, 2.45) is 0 Å². The molecule has 0 amide bonds. The van der Waals surface area contributed by atoms with Crippen LogP contribution in [0.2, 0.25) is 0 Å². The molecule has 1 aliphatic heterocycles. The fraction of sp³-hybridized carbons (Fsp3) is 0.278. The molecule has 1 aromatic carbocycles. The average molecular weight is 374 g/mol. The van der Waals surface area contributed by atoms with Gasteiger partial charge in [-0.1, -0.05) is 24.3 Å². The van der Waals surface area contributed by atoms with E-state index in [-0.39, 0.29) is 17.5 Å². The minimum atomic E-state index is -2.87. The van der Waals surface area contributed by atoms with Crippen LogP contribution >= 0.6 is 11.3 Å². The van der Waals surface area contributed by atoms with Crippen LogP contribution in [0.1, 0.15) is 12.0 Å². The summed E-state index contributed by atoms with van der Waals surface area (Å²) in [4.78, 5) is 1.12. The molecule has 1 unspecified atom stereocenters. The molecule has 3 heterocycles. The van der Waals surface area contributed by atoms with Gasteiger partial charge in [0.2, 0.25) is 0 Å². The van der Waals surface area contributed by atoms with E-state index in [0.29, 0.717) is 13.0 Å². The van der Waals surface area contributed by atoms with Gasteiger partial charge < -0.3 is 5.32 Å². The van der Waals surface area contributed by atoms with E-state index in [4.69, 9.17) is 5.10 Å². The van der Waals surface area contributed by atoms with Crippen molar-refractivity contribution in [2.75, 3.05) is 11.5 Å². The number of hydrogen-bond acceptors (Lipinski definition) is 5. The van der Waals surface area contributed by atoms with Gasteiger partial charge in [-0.05, 0) is 30.0 Å². The standard InChI is InChI=1S/C18H19N3O2S2/c22-25(23)10-8-15(13-25)19-11-14-12-21(16-5-2-1-3-6-16)20-18(14)17-7-4-9-24-17/h1-7,9,12,15,19H,8,10-11,13H2. The van der Waals surface area contributed by atoms with Crippen LogP contribution in [-0.4, -0.2) is 35.7 Å². The predicted octanol–water partition coefficient (Wildman–Crippen LogP) is 2.88. The molecule has 1 N–H and O–H groups in total. The summed E-state index contributed by atoms with van der Waals surface area (Å²) in [5, 5.41) is 10.2. The normalized spacial score (nSPS) is 19.3. The molecule has 0 aliphatic carbocycles. The molecule has 25 heavy (non-hydrogen) atoms. The first kappa shape index (κ1) is 16.5. The summed E-state index contributed by atoms with van der Waals surface area (Å²) >= 11 is 1.66. The fourth-order valence-corrected chi connectivity index (χ4v) is 5.54. The molecule has 3 aromatic rings. The maximum Gasteiger partial charge on any atom is 0.151 e. The number of benzene rings is 1. The van der Waals surface area contributed by atoms with Crippen molar-refractivity contribution in [1.29, 1.82) is 0 Å². The van der Waals surface area contributed by atoms with Crippen LogP contribution < -0.4 is 5.32 Å². The molecular formula is C18H19N3O2S2. The molecule has 1 saturated heterocycles. The minimum Gasteiger partial charge on any atom is -0.309 e. The Labute approximate surface area is 151 Å². The van der Waals surface area contributed by atoms with Crippen LogP contribution in [0.3, 0.4) is 0 Å². The van der Waals surface area contributed by atoms with Gasteiger partial charge >= 0.3 is 0 Å². The number of hydrogen-bond donors (Lipinski definition) is 1. The Kier molecular flexibility index (Phi) is 4.45. The quantitative estimate of drug-likeness (QED) is 0.747. The maximum atomic E-state index is 11.6. The van der Waals surface area contributed by atoms with Crippen LogP contribution in [0.15, 0.2) is 54.0 Å². The number of thiophene rings is 1. The average Bonchev–Trinajstić information content (AvgIpc) is 3.32. The number of rotatable bonds is 5. The first-order valence-electron chi connectivity index (χ1n) is 8.22. The molecule has 130 valence electrons. The van der Waals surface area contributed by atoms with Gasteiger partial charge in [-0.25, -0.2) is 13.1 Å². The number of sulfone groups is 1. The number of nitrogens with zero attached hydrogens (tertiary/aromatic N) is 2. The van der Waals surface area contributed by atoms with Crippen LogP contribution in [0.4, 0.5) is 0 Å². The first-order chi connectivity index (χ1) is 12.1. The van der Waals surface area contributed by atoms with E-state index in [1.165, 1.54) is 0 Å². The Bertz CT molecular complexity index is 948. The summed E-state index contributed by atoms with van der Waals surface area (Å²) < 4.78 is 25.2. The summed E-state index contributed by atoms with van der Waals surface area (Å²) in [5.41, 5.74) is 3.04. The molecule has 0 spiro atoms. The monoisotopic (exact) mass is 373 g/mol. The molecule has 4 rings (SSSR count). The molecule has 2 aromatic heterocycles. The third kappa shape index (κ3) is 3.68. The van der Waals surface area contributed by atoms with Gasteiger partial charge in [-0.3, -0.25) is 0 Å². The van der Waals surface area contributed by atoms with Crippen LogP contribution in [0, 0.1) is 0 Å². The van der Waals surface area contributed by atoms with Crippen LogP contribution in [-0.2, 0) is 16.4 Å². The number of para-hydroxylation sites is 1. The summed E-state index contributed by atoms with van der Waals surface area (Å²) in [6.07, 6.45) is 2.71.